The van der Waals surface area contributed by atoms with Crippen molar-refractivity contribution in [3.05, 3.63) is 59.2 Å². The Labute approximate surface area is 175 Å². The molecular formula is C19H23N3O6S2. The number of carbonyl (C=O) groups excluding carboxylic acids is 1. The lowest BCUT2D eigenvalue weighted by Gasteiger charge is -2.26. The van der Waals surface area contributed by atoms with E-state index in [2.05, 4.69) is 5.32 Å². The van der Waals surface area contributed by atoms with E-state index in [1.54, 1.807) is 37.3 Å². The van der Waals surface area contributed by atoms with Gasteiger partial charge in [0, 0.05) is 24.3 Å². The third-order valence-corrected chi connectivity index (χ3v) is 7.27. The van der Waals surface area contributed by atoms with Crippen molar-refractivity contribution in [3.63, 3.8) is 0 Å². The molecule has 9 nitrogen and oxygen atoms in total. The predicted molar refractivity (Wildman–Crippen MR) is 112 cm³/mol. The first-order valence-corrected chi connectivity index (χ1v) is 12.3. The fourth-order valence-electron chi connectivity index (χ4n) is 3.06. The summed E-state index contributed by atoms with van der Waals surface area (Å²) in [7, 11) is -7.37. The zero-order chi connectivity index (χ0) is 21.9. The molecule has 0 bridgehead atoms. The number of ether oxygens (including phenoxy) is 1. The van der Waals surface area contributed by atoms with Crippen LogP contribution in [-0.4, -0.2) is 53.4 Å². The molecule has 0 unspecified atom stereocenters. The van der Waals surface area contributed by atoms with E-state index >= 15 is 0 Å². The highest BCUT2D eigenvalue weighted by Crippen LogP contribution is 2.22. The zero-order valence-corrected chi connectivity index (χ0v) is 18.0. The molecule has 1 heterocycles. The molecule has 1 amide bonds. The van der Waals surface area contributed by atoms with E-state index in [4.69, 9.17) is 9.88 Å². The number of amides is 1. The Morgan fingerprint density at radius 1 is 1.07 bits per heavy atom. The maximum Gasteiger partial charge on any atom is 0.255 e. The van der Waals surface area contributed by atoms with E-state index in [0.29, 0.717) is 30.0 Å². The van der Waals surface area contributed by atoms with E-state index < -0.39 is 26.0 Å². The predicted octanol–water partition coefficient (Wildman–Crippen LogP) is 1.06. The summed E-state index contributed by atoms with van der Waals surface area (Å²) in [5.74, 6) is -0.771. The van der Waals surface area contributed by atoms with Crippen LogP contribution in [0.2, 0.25) is 0 Å². The van der Waals surface area contributed by atoms with Crippen LogP contribution >= 0.6 is 0 Å². The number of hydrogen-bond donors (Lipinski definition) is 2. The van der Waals surface area contributed by atoms with E-state index in [1.807, 2.05) is 0 Å². The zero-order valence-electron chi connectivity index (χ0n) is 16.4. The van der Waals surface area contributed by atoms with Gasteiger partial charge in [-0.05, 0) is 42.3 Å². The molecule has 1 aliphatic rings. The number of nitrogens with two attached hydrogens (primary N) is 1. The molecule has 1 aliphatic heterocycles. The number of primary sulfonamides is 1. The van der Waals surface area contributed by atoms with Crippen LogP contribution in [0.5, 0.6) is 0 Å². The minimum atomic E-state index is -3.73. The minimum absolute atomic E-state index is 0.0450. The average molecular weight is 454 g/mol. The van der Waals surface area contributed by atoms with Crippen LogP contribution in [0, 0.1) is 6.92 Å². The van der Waals surface area contributed by atoms with Gasteiger partial charge in [-0.3, -0.25) is 4.79 Å². The van der Waals surface area contributed by atoms with Gasteiger partial charge < -0.3 is 10.1 Å². The largest absolute Gasteiger partial charge is 0.379 e. The van der Waals surface area contributed by atoms with E-state index in [-0.39, 0.29) is 29.3 Å². The molecule has 0 spiro atoms. The van der Waals surface area contributed by atoms with Crippen LogP contribution < -0.4 is 10.5 Å². The molecule has 0 aromatic heterocycles. The summed E-state index contributed by atoms with van der Waals surface area (Å²) in [6, 6.07) is 10.7. The second-order valence-electron chi connectivity index (χ2n) is 6.95. The Bertz CT molecular complexity index is 1140. The number of nitrogens with one attached hydrogen (secondary N) is 1. The smallest absolute Gasteiger partial charge is 0.255 e. The van der Waals surface area contributed by atoms with Crippen LogP contribution in [0.25, 0.3) is 0 Å². The van der Waals surface area contributed by atoms with Gasteiger partial charge in [0.1, 0.15) is 0 Å². The highest BCUT2D eigenvalue weighted by atomic mass is 32.2. The molecule has 0 atom stereocenters. The Morgan fingerprint density at radius 3 is 2.30 bits per heavy atom. The Hall–Kier alpha value is -2.31. The van der Waals surface area contributed by atoms with Crippen molar-refractivity contribution >= 4 is 31.6 Å². The molecule has 0 saturated carbocycles. The molecule has 1 saturated heterocycles. The number of anilines is 1. The molecule has 3 N–H and O–H groups in total. The van der Waals surface area contributed by atoms with Crippen LogP contribution in [0.15, 0.2) is 47.4 Å². The highest BCUT2D eigenvalue weighted by molar-refractivity contribution is 7.89. The van der Waals surface area contributed by atoms with E-state index in [1.165, 1.54) is 16.4 Å². The van der Waals surface area contributed by atoms with Crippen LogP contribution in [0.3, 0.4) is 0 Å². The minimum Gasteiger partial charge on any atom is -0.379 e. The van der Waals surface area contributed by atoms with Crippen LogP contribution in [0.4, 0.5) is 5.69 Å². The first kappa shape index (κ1) is 22.4. The molecule has 11 heteroatoms. The molecule has 0 aliphatic carbocycles. The summed E-state index contributed by atoms with van der Waals surface area (Å²) in [5.41, 5.74) is 1.79. The fourth-order valence-corrected chi connectivity index (χ4v) is 5.15. The number of nitrogens with zero attached hydrogens (tertiary/aromatic N) is 1. The molecular weight excluding hydrogens is 430 g/mol. The highest BCUT2D eigenvalue weighted by Gasteiger charge is 2.27. The summed E-state index contributed by atoms with van der Waals surface area (Å²) < 4.78 is 54.6. The normalized spacial score (nSPS) is 15.7. The van der Waals surface area contributed by atoms with Crippen molar-refractivity contribution in [2.24, 2.45) is 5.14 Å². The van der Waals surface area contributed by atoms with Gasteiger partial charge in [0.2, 0.25) is 20.0 Å². The third kappa shape index (κ3) is 5.43. The second-order valence-corrected chi connectivity index (χ2v) is 10.5. The third-order valence-electron chi connectivity index (χ3n) is 4.64. The Morgan fingerprint density at radius 2 is 1.70 bits per heavy atom. The molecule has 2 aromatic rings. The van der Waals surface area contributed by atoms with Gasteiger partial charge in [0.15, 0.2) is 0 Å². The molecule has 2 aromatic carbocycles. The maximum atomic E-state index is 12.9. The molecule has 3 rings (SSSR count). The molecule has 162 valence electrons. The van der Waals surface area contributed by atoms with Crippen molar-refractivity contribution in [2.75, 3.05) is 31.6 Å². The number of benzene rings is 2. The second kappa shape index (κ2) is 8.82. The average Bonchev–Trinajstić information content (AvgIpc) is 2.69. The van der Waals surface area contributed by atoms with Crippen molar-refractivity contribution in [3.8, 4) is 0 Å². The Balaban J connectivity index is 1.80. The maximum absolute atomic E-state index is 12.9. The van der Waals surface area contributed by atoms with Crippen molar-refractivity contribution in [2.45, 2.75) is 17.6 Å². The number of carbonyl (C=O) groups is 1. The van der Waals surface area contributed by atoms with Gasteiger partial charge in [0.05, 0.1) is 23.9 Å². The Kier molecular flexibility index (Phi) is 6.58. The first-order valence-electron chi connectivity index (χ1n) is 9.15. The van der Waals surface area contributed by atoms with Gasteiger partial charge in [-0.15, -0.1) is 0 Å². The van der Waals surface area contributed by atoms with Gasteiger partial charge >= 0.3 is 0 Å². The van der Waals surface area contributed by atoms with E-state index in [0.717, 1.165) is 0 Å². The summed E-state index contributed by atoms with van der Waals surface area (Å²) in [4.78, 5) is 12.8. The van der Waals surface area contributed by atoms with Gasteiger partial charge in [-0.25, -0.2) is 22.0 Å². The van der Waals surface area contributed by atoms with Crippen molar-refractivity contribution in [1.82, 2.24) is 4.31 Å². The molecule has 1 fully saturated rings. The lowest BCUT2D eigenvalue weighted by atomic mass is 10.1. The van der Waals surface area contributed by atoms with E-state index in [9.17, 15) is 21.6 Å². The quantitative estimate of drug-likeness (QED) is 0.671. The molecule has 0 radical (unpaired) electrons. The van der Waals surface area contributed by atoms with Crippen molar-refractivity contribution in [1.29, 1.82) is 0 Å². The van der Waals surface area contributed by atoms with Crippen molar-refractivity contribution < 1.29 is 26.4 Å². The summed E-state index contributed by atoms with van der Waals surface area (Å²) >= 11 is 0. The standard InChI is InChI=1S/C19H23N3O6S2/c1-14-2-7-17(30(26,27)22-8-10-28-11-9-22)12-18(14)19(23)21-16-5-3-15(4-6-16)13-29(20,24)25/h2-7,12H,8-11,13H2,1H3,(H,21,23)(H2,20,24,25). The first-order chi connectivity index (χ1) is 14.1. The summed E-state index contributed by atoms with van der Waals surface area (Å²) in [6.07, 6.45) is 0. The number of rotatable bonds is 6. The SMILES string of the molecule is Cc1ccc(S(=O)(=O)N2CCOCC2)cc1C(=O)Nc1ccc(CS(N)(=O)=O)cc1. The van der Waals surface area contributed by atoms with Crippen LogP contribution in [0.1, 0.15) is 21.5 Å². The summed E-state index contributed by atoms with van der Waals surface area (Å²) in [5, 5.41) is 7.72. The monoisotopic (exact) mass is 453 g/mol. The summed E-state index contributed by atoms with van der Waals surface area (Å²) in [6.45, 7) is 2.92. The van der Waals surface area contributed by atoms with Gasteiger partial charge in [-0.1, -0.05) is 18.2 Å². The van der Waals surface area contributed by atoms with Crippen LogP contribution in [-0.2, 0) is 30.5 Å². The topological polar surface area (TPSA) is 136 Å². The van der Waals surface area contributed by atoms with Gasteiger partial charge in [0.25, 0.3) is 5.91 Å². The van der Waals surface area contributed by atoms with Gasteiger partial charge in [-0.2, -0.15) is 4.31 Å². The number of aryl methyl sites for hydroxylation is 1. The molecule has 30 heavy (non-hydrogen) atoms. The number of hydrogen-bond acceptors (Lipinski definition) is 6. The lowest BCUT2D eigenvalue weighted by Crippen LogP contribution is -2.40. The number of sulfonamides is 2. The fraction of sp³-hybridized carbons (Fsp3) is 0.316. The lowest BCUT2D eigenvalue weighted by molar-refractivity contribution is 0.0730. The number of morpholine rings is 1.